The Labute approximate surface area is 113 Å². The molecule has 98 valence electrons. The number of halogens is 1. The molecule has 1 saturated carbocycles. The SMILES string of the molecule is O=C(Nc1cccc(Cl)n1)C1CCCCCCC1. The van der Waals surface area contributed by atoms with Gasteiger partial charge in [0, 0.05) is 5.92 Å². The molecule has 1 fully saturated rings. The van der Waals surface area contributed by atoms with E-state index in [1.807, 2.05) is 0 Å². The molecule has 1 aromatic heterocycles. The molecular weight excluding hydrogens is 248 g/mol. The number of nitrogens with one attached hydrogen (secondary N) is 1. The maximum Gasteiger partial charge on any atom is 0.228 e. The lowest BCUT2D eigenvalue weighted by Crippen LogP contribution is -2.24. The molecule has 1 aliphatic carbocycles. The minimum Gasteiger partial charge on any atom is -0.310 e. The van der Waals surface area contributed by atoms with E-state index in [1.54, 1.807) is 18.2 Å². The van der Waals surface area contributed by atoms with E-state index in [0.29, 0.717) is 11.0 Å². The van der Waals surface area contributed by atoms with Crippen LogP contribution in [0, 0.1) is 5.92 Å². The molecule has 0 bridgehead atoms. The first-order valence-electron chi connectivity index (χ1n) is 6.69. The van der Waals surface area contributed by atoms with Gasteiger partial charge in [0.25, 0.3) is 0 Å². The topological polar surface area (TPSA) is 42.0 Å². The van der Waals surface area contributed by atoms with Crippen molar-refractivity contribution in [3.8, 4) is 0 Å². The Morgan fingerprint density at radius 3 is 2.50 bits per heavy atom. The number of hydrogen-bond acceptors (Lipinski definition) is 2. The fourth-order valence-electron chi connectivity index (χ4n) is 2.42. The van der Waals surface area contributed by atoms with Gasteiger partial charge in [-0.05, 0) is 25.0 Å². The zero-order chi connectivity index (χ0) is 12.8. The van der Waals surface area contributed by atoms with Crippen LogP contribution >= 0.6 is 11.6 Å². The molecule has 2 rings (SSSR count). The number of hydrogen-bond donors (Lipinski definition) is 1. The second kappa shape index (κ2) is 6.74. The minimum absolute atomic E-state index is 0.0895. The highest BCUT2D eigenvalue weighted by Gasteiger charge is 2.19. The number of rotatable bonds is 2. The van der Waals surface area contributed by atoms with Gasteiger partial charge in [-0.1, -0.05) is 49.8 Å². The number of nitrogens with zero attached hydrogens (tertiary/aromatic N) is 1. The predicted molar refractivity (Wildman–Crippen MR) is 73.7 cm³/mol. The Morgan fingerprint density at radius 1 is 1.17 bits per heavy atom. The van der Waals surface area contributed by atoms with Crippen molar-refractivity contribution < 1.29 is 4.79 Å². The number of carbonyl (C=O) groups excluding carboxylic acids is 1. The second-order valence-corrected chi connectivity index (χ2v) is 5.26. The van der Waals surface area contributed by atoms with E-state index in [0.717, 1.165) is 25.7 Å². The van der Waals surface area contributed by atoms with E-state index in [1.165, 1.54) is 19.3 Å². The van der Waals surface area contributed by atoms with Gasteiger partial charge >= 0.3 is 0 Å². The van der Waals surface area contributed by atoms with Crippen LogP contribution in [0.4, 0.5) is 5.82 Å². The van der Waals surface area contributed by atoms with Crippen molar-refractivity contribution >= 4 is 23.3 Å². The molecule has 0 saturated heterocycles. The highest BCUT2D eigenvalue weighted by Crippen LogP contribution is 2.23. The molecule has 1 aromatic rings. The van der Waals surface area contributed by atoms with E-state index in [-0.39, 0.29) is 11.8 Å². The van der Waals surface area contributed by atoms with Gasteiger partial charge in [-0.25, -0.2) is 4.98 Å². The average molecular weight is 267 g/mol. The third-order valence-electron chi connectivity index (χ3n) is 3.44. The van der Waals surface area contributed by atoms with Crippen LogP contribution in [-0.4, -0.2) is 10.9 Å². The highest BCUT2D eigenvalue weighted by atomic mass is 35.5. The fraction of sp³-hybridized carbons (Fsp3) is 0.571. The normalized spacial score (nSPS) is 17.8. The molecule has 0 aliphatic heterocycles. The van der Waals surface area contributed by atoms with Gasteiger partial charge in [0.2, 0.25) is 5.91 Å². The van der Waals surface area contributed by atoms with Crippen molar-refractivity contribution in [2.24, 2.45) is 5.92 Å². The summed E-state index contributed by atoms with van der Waals surface area (Å²) >= 11 is 5.80. The van der Waals surface area contributed by atoms with Crippen molar-refractivity contribution in [1.29, 1.82) is 0 Å². The summed E-state index contributed by atoms with van der Waals surface area (Å²) in [6.45, 7) is 0. The Hall–Kier alpha value is -1.09. The molecule has 1 N–H and O–H groups in total. The number of carbonyl (C=O) groups is 1. The molecular formula is C14H19ClN2O. The van der Waals surface area contributed by atoms with Crippen LogP contribution in [0.5, 0.6) is 0 Å². The zero-order valence-electron chi connectivity index (χ0n) is 10.5. The van der Waals surface area contributed by atoms with Crippen molar-refractivity contribution in [3.05, 3.63) is 23.4 Å². The maximum atomic E-state index is 12.1. The van der Waals surface area contributed by atoms with Gasteiger partial charge in [0.15, 0.2) is 0 Å². The first kappa shape index (κ1) is 13.3. The number of anilines is 1. The summed E-state index contributed by atoms with van der Waals surface area (Å²) in [4.78, 5) is 16.2. The van der Waals surface area contributed by atoms with Crippen LogP contribution < -0.4 is 5.32 Å². The van der Waals surface area contributed by atoms with Crippen LogP contribution in [0.1, 0.15) is 44.9 Å². The number of aromatic nitrogens is 1. The van der Waals surface area contributed by atoms with Gasteiger partial charge in [-0.3, -0.25) is 4.79 Å². The van der Waals surface area contributed by atoms with Gasteiger partial charge in [-0.15, -0.1) is 0 Å². The Morgan fingerprint density at radius 2 is 1.83 bits per heavy atom. The molecule has 3 nitrogen and oxygen atoms in total. The van der Waals surface area contributed by atoms with Gasteiger partial charge in [0.05, 0.1) is 0 Å². The van der Waals surface area contributed by atoms with E-state index in [9.17, 15) is 4.79 Å². The molecule has 0 aromatic carbocycles. The largest absolute Gasteiger partial charge is 0.310 e. The molecule has 18 heavy (non-hydrogen) atoms. The lowest BCUT2D eigenvalue weighted by molar-refractivity contribution is -0.120. The van der Waals surface area contributed by atoms with Crippen LogP contribution in [0.2, 0.25) is 5.15 Å². The summed E-state index contributed by atoms with van der Waals surface area (Å²) in [5, 5.41) is 3.27. The van der Waals surface area contributed by atoms with Crippen LogP contribution in [0.3, 0.4) is 0 Å². The molecule has 4 heteroatoms. The smallest absolute Gasteiger partial charge is 0.228 e. The summed E-state index contributed by atoms with van der Waals surface area (Å²) in [6.07, 6.45) is 8.10. The zero-order valence-corrected chi connectivity index (χ0v) is 11.2. The Bertz CT molecular complexity index is 401. The first-order chi connectivity index (χ1) is 8.75. The lowest BCUT2D eigenvalue weighted by Gasteiger charge is -2.18. The third kappa shape index (κ3) is 3.98. The monoisotopic (exact) mass is 266 g/mol. The Balaban J connectivity index is 1.93. The molecule has 1 amide bonds. The third-order valence-corrected chi connectivity index (χ3v) is 3.65. The molecule has 1 heterocycles. The summed E-state index contributed by atoms with van der Waals surface area (Å²) in [5.41, 5.74) is 0. The van der Waals surface area contributed by atoms with E-state index in [4.69, 9.17) is 11.6 Å². The first-order valence-corrected chi connectivity index (χ1v) is 7.07. The van der Waals surface area contributed by atoms with Gasteiger partial charge < -0.3 is 5.32 Å². The minimum atomic E-state index is 0.0895. The van der Waals surface area contributed by atoms with Crippen LogP contribution in [-0.2, 0) is 4.79 Å². The predicted octanol–water partition coefficient (Wildman–Crippen LogP) is 4.03. The molecule has 0 spiro atoms. The summed E-state index contributed by atoms with van der Waals surface area (Å²) in [6, 6.07) is 5.27. The van der Waals surface area contributed by atoms with Crippen molar-refractivity contribution in [2.75, 3.05) is 5.32 Å². The fourth-order valence-corrected chi connectivity index (χ4v) is 2.59. The van der Waals surface area contributed by atoms with Crippen molar-refractivity contribution in [3.63, 3.8) is 0 Å². The molecule has 0 radical (unpaired) electrons. The Kier molecular flexibility index (Phi) is 5.00. The summed E-state index contributed by atoms with van der Waals surface area (Å²) < 4.78 is 0. The van der Waals surface area contributed by atoms with Crippen molar-refractivity contribution in [2.45, 2.75) is 44.9 Å². The highest BCUT2D eigenvalue weighted by molar-refractivity contribution is 6.29. The number of amides is 1. The van der Waals surface area contributed by atoms with Gasteiger partial charge in [-0.2, -0.15) is 0 Å². The molecule has 1 aliphatic rings. The van der Waals surface area contributed by atoms with E-state index in [2.05, 4.69) is 10.3 Å². The molecule has 0 atom stereocenters. The van der Waals surface area contributed by atoms with Gasteiger partial charge in [0.1, 0.15) is 11.0 Å². The average Bonchev–Trinajstić information content (AvgIpc) is 2.28. The summed E-state index contributed by atoms with van der Waals surface area (Å²) in [7, 11) is 0. The summed E-state index contributed by atoms with van der Waals surface area (Å²) in [5.74, 6) is 0.771. The lowest BCUT2D eigenvalue weighted by atomic mass is 9.90. The van der Waals surface area contributed by atoms with E-state index >= 15 is 0 Å². The van der Waals surface area contributed by atoms with Crippen LogP contribution in [0.25, 0.3) is 0 Å². The second-order valence-electron chi connectivity index (χ2n) is 4.88. The number of pyridine rings is 1. The maximum absolute atomic E-state index is 12.1. The standard InChI is InChI=1S/C14H19ClN2O/c15-12-9-6-10-13(16-12)17-14(18)11-7-4-2-1-3-5-8-11/h6,9-11H,1-5,7-8H2,(H,16,17,18). The van der Waals surface area contributed by atoms with E-state index < -0.39 is 0 Å². The van der Waals surface area contributed by atoms with Crippen molar-refractivity contribution in [1.82, 2.24) is 4.98 Å². The molecule has 0 unspecified atom stereocenters. The van der Waals surface area contributed by atoms with Crippen LogP contribution in [0.15, 0.2) is 18.2 Å². The quantitative estimate of drug-likeness (QED) is 0.821.